The van der Waals surface area contributed by atoms with Gasteiger partial charge in [-0.1, -0.05) is 0 Å². The van der Waals surface area contributed by atoms with Crippen LogP contribution in [0.25, 0.3) is 0 Å². The lowest BCUT2D eigenvalue weighted by molar-refractivity contribution is 0.845. The van der Waals surface area contributed by atoms with E-state index in [1.807, 2.05) is 12.1 Å². The normalized spacial score (nSPS) is 10.4. The molecular weight excluding hydrogens is 218 g/mol. The van der Waals surface area contributed by atoms with Crippen molar-refractivity contribution in [2.75, 3.05) is 0 Å². The number of hydrogen-bond donors (Lipinski definition) is 1. The van der Waals surface area contributed by atoms with Crippen LogP contribution >= 0.6 is 23.3 Å². The van der Waals surface area contributed by atoms with E-state index in [9.17, 15) is 0 Å². The maximum Gasteiger partial charge on any atom is 0.176 e. The van der Waals surface area contributed by atoms with Crippen molar-refractivity contribution in [3.63, 3.8) is 0 Å². The van der Waals surface area contributed by atoms with E-state index in [1.165, 1.54) is 29.6 Å². The van der Waals surface area contributed by atoms with E-state index in [0.717, 1.165) is 15.1 Å². The van der Waals surface area contributed by atoms with Crippen LogP contribution in [0.4, 0.5) is 0 Å². The Balaban J connectivity index is 2.10. The molecule has 7 heteroatoms. The fraction of sp³-hybridized carbons (Fsp3) is 0.143. The second-order valence-electron chi connectivity index (χ2n) is 2.38. The molecule has 0 aliphatic rings. The number of nitrogens with two attached hydrogens (primary N) is 1. The maximum absolute atomic E-state index is 5.41. The van der Waals surface area contributed by atoms with Crippen molar-refractivity contribution in [1.29, 1.82) is 0 Å². The smallest absolute Gasteiger partial charge is 0.176 e. The van der Waals surface area contributed by atoms with Crippen LogP contribution < -0.4 is 5.73 Å². The van der Waals surface area contributed by atoms with E-state index in [-0.39, 0.29) is 0 Å². The number of hydrogen-bond acceptors (Lipinski definition) is 7. The van der Waals surface area contributed by atoms with Crippen LogP contribution in [-0.4, -0.2) is 19.6 Å². The van der Waals surface area contributed by atoms with Crippen molar-refractivity contribution in [3.05, 3.63) is 24.2 Å². The summed E-state index contributed by atoms with van der Waals surface area (Å²) in [6.45, 7) is 0.413. The molecule has 2 aromatic rings. The molecule has 0 saturated carbocycles. The van der Waals surface area contributed by atoms with E-state index < -0.39 is 0 Å². The molecular formula is C7H7N5S2. The van der Waals surface area contributed by atoms with Gasteiger partial charge in [-0.05, 0) is 35.4 Å². The topological polar surface area (TPSA) is 77.6 Å². The largest absolute Gasteiger partial charge is 0.325 e. The lowest BCUT2D eigenvalue weighted by atomic mass is 10.4. The zero-order valence-electron chi connectivity index (χ0n) is 7.12. The van der Waals surface area contributed by atoms with Crippen molar-refractivity contribution < 1.29 is 0 Å². The third kappa shape index (κ3) is 2.25. The minimum absolute atomic E-state index is 0.413. The molecule has 0 radical (unpaired) electrons. The summed E-state index contributed by atoms with van der Waals surface area (Å²) in [4.78, 5) is 4.03. The average Bonchev–Trinajstić information content (AvgIpc) is 2.72. The number of nitrogens with zero attached hydrogens (tertiary/aromatic N) is 4. The Bertz CT molecular complexity index is 385. The van der Waals surface area contributed by atoms with Crippen molar-refractivity contribution in [1.82, 2.24) is 19.6 Å². The van der Waals surface area contributed by atoms with Gasteiger partial charge in [0.25, 0.3) is 0 Å². The highest BCUT2D eigenvalue weighted by atomic mass is 32.2. The third-order valence-electron chi connectivity index (χ3n) is 1.44. The molecule has 0 bridgehead atoms. The van der Waals surface area contributed by atoms with Gasteiger partial charge in [-0.2, -0.15) is 9.47 Å². The number of aromatic nitrogens is 4. The summed E-state index contributed by atoms with van der Waals surface area (Å²) in [6, 6.07) is 3.73. The summed E-state index contributed by atoms with van der Waals surface area (Å²) in [5.41, 5.74) is 6.19. The molecule has 72 valence electrons. The molecule has 0 aromatic carbocycles. The molecule has 5 nitrogen and oxygen atoms in total. The lowest BCUT2D eigenvalue weighted by Crippen LogP contribution is -2.00. The molecule has 0 fully saturated rings. The van der Waals surface area contributed by atoms with E-state index >= 15 is 0 Å². The molecule has 0 atom stereocenters. The SMILES string of the molecule is NCc1ccc(Sc2ncns2)nn1. The zero-order valence-corrected chi connectivity index (χ0v) is 8.75. The number of rotatable bonds is 3. The summed E-state index contributed by atoms with van der Waals surface area (Å²) < 4.78 is 4.75. The van der Waals surface area contributed by atoms with Crippen molar-refractivity contribution in [2.45, 2.75) is 15.9 Å². The van der Waals surface area contributed by atoms with Gasteiger partial charge in [0.1, 0.15) is 11.4 Å². The van der Waals surface area contributed by atoms with Gasteiger partial charge in [0.2, 0.25) is 0 Å². The van der Waals surface area contributed by atoms with Crippen LogP contribution in [0.5, 0.6) is 0 Å². The molecule has 2 rings (SSSR count). The lowest BCUT2D eigenvalue weighted by Gasteiger charge is -1.96. The molecule has 0 aliphatic carbocycles. The van der Waals surface area contributed by atoms with Crippen LogP contribution in [0, 0.1) is 0 Å². The standard InChI is InChI=1S/C7H7N5S2/c8-3-5-1-2-6(12-11-5)13-7-9-4-10-14-7/h1-2,4H,3,8H2. The van der Waals surface area contributed by atoms with Gasteiger partial charge in [-0.3, -0.25) is 0 Å². The molecule has 0 amide bonds. The Kier molecular flexibility index (Phi) is 3.02. The first-order valence-electron chi connectivity index (χ1n) is 3.85. The Hall–Kier alpha value is -1.05. The Morgan fingerprint density at radius 1 is 1.36 bits per heavy atom. The first-order chi connectivity index (χ1) is 6.88. The van der Waals surface area contributed by atoms with Gasteiger partial charge in [0, 0.05) is 6.54 Å². The summed E-state index contributed by atoms with van der Waals surface area (Å²) >= 11 is 2.78. The Morgan fingerprint density at radius 2 is 2.29 bits per heavy atom. The predicted molar refractivity (Wildman–Crippen MR) is 54.0 cm³/mol. The monoisotopic (exact) mass is 225 g/mol. The van der Waals surface area contributed by atoms with Gasteiger partial charge in [-0.25, -0.2) is 4.98 Å². The average molecular weight is 225 g/mol. The first-order valence-corrected chi connectivity index (χ1v) is 5.44. The summed E-state index contributed by atoms with van der Waals surface area (Å²) in [7, 11) is 0. The van der Waals surface area contributed by atoms with Crippen LogP contribution in [0.1, 0.15) is 5.69 Å². The maximum atomic E-state index is 5.41. The van der Waals surface area contributed by atoms with E-state index in [4.69, 9.17) is 5.73 Å². The highest BCUT2D eigenvalue weighted by Gasteiger charge is 2.02. The Labute approximate surface area is 88.9 Å². The third-order valence-corrected chi connectivity index (χ3v) is 3.08. The summed E-state index contributed by atoms with van der Waals surface area (Å²) in [5.74, 6) is 0. The molecule has 0 aliphatic heterocycles. The van der Waals surface area contributed by atoms with Crippen molar-refractivity contribution >= 4 is 23.3 Å². The van der Waals surface area contributed by atoms with E-state index in [1.54, 1.807) is 0 Å². The van der Waals surface area contributed by atoms with Crippen molar-refractivity contribution in [3.8, 4) is 0 Å². The predicted octanol–water partition coefficient (Wildman–Crippen LogP) is 0.938. The molecule has 2 heterocycles. The van der Waals surface area contributed by atoms with Crippen LogP contribution in [-0.2, 0) is 6.54 Å². The van der Waals surface area contributed by atoms with Gasteiger partial charge >= 0.3 is 0 Å². The quantitative estimate of drug-likeness (QED) is 0.837. The molecule has 2 aromatic heterocycles. The molecule has 0 saturated heterocycles. The highest BCUT2D eigenvalue weighted by molar-refractivity contribution is 8.00. The fourth-order valence-corrected chi connectivity index (χ4v) is 2.12. The molecule has 0 unspecified atom stereocenters. The molecule has 14 heavy (non-hydrogen) atoms. The van der Waals surface area contributed by atoms with Crippen LogP contribution in [0.15, 0.2) is 27.8 Å². The molecule has 0 spiro atoms. The minimum atomic E-state index is 0.413. The van der Waals surface area contributed by atoms with E-state index in [0.29, 0.717) is 6.54 Å². The van der Waals surface area contributed by atoms with Crippen LogP contribution in [0.2, 0.25) is 0 Å². The molecule has 2 N–H and O–H groups in total. The first kappa shape index (κ1) is 9.50. The highest BCUT2D eigenvalue weighted by Crippen LogP contribution is 2.25. The summed E-state index contributed by atoms with van der Waals surface area (Å²) in [6.07, 6.45) is 1.52. The summed E-state index contributed by atoms with van der Waals surface area (Å²) in [5, 5.41) is 8.74. The van der Waals surface area contributed by atoms with Crippen molar-refractivity contribution in [2.24, 2.45) is 5.73 Å². The van der Waals surface area contributed by atoms with Gasteiger partial charge < -0.3 is 5.73 Å². The minimum Gasteiger partial charge on any atom is -0.325 e. The fourth-order valence-electron chi connectivity index (χ4n) is 0.808. The van der Waals surface area contributed by atoms with Gasteiger partial charge in [-0.15, -0.1) is 5.10 Å². The van der Waals surface area contributed by atoms with Gasteiger partial charge in [0.05, 0.1) is 5.69 Å². The van der Waals surface area contributed by atoms with Crippen LogP contribution in [0.3, 0.4) is 0 Å². The Morgan fingerprint density at radius 3 is 2.86 bits per heavy atom. The van der Waals surface area contributed by atoms with E-state index in [2.05, 4.69) is 19.6 Å². The van der Waals surface area contributed by atoms with Gasteiger partial charge in [0.15, 0.2) is 4.34 Å². The second kappa shape index (κ2) is 4.45. The second-order valence-corrected chi connectivity index (χ2v) is 4.42. The zero-order chi connectivity index (χ0) is 9.80.